The molecule has 1 amide bonds. The number of hydrogen-bond acceptors (Lipinski definition) is 3. The van der Waals surface area contributed by atoms with Gasteiger partial charge in [-0.25, -0.2) is 0 Å². The Kier molecular flexibility index (Phi) is 2.17. The van der Waals surface area contributed by atoms with E-state index in [1.165, 1.54) is 0 Å². The van der Waals surface area contributed by atoms with Crippen molar-refractivity contribution in [3.8, 4) is 0 Å². The Hall–Kier alpha value is -2.24. The summed E-state index contributed by atoms with van der Waals surface area (Å²) in [6.07, 6.45) is 3.25. The van der Waals surface area contributed by atoms with Gasteiger partial charge >= 0.3 is 0 Å². The van der Waals surface area contributed by atoms with Gasteiger partial charge in [-0.15, -0.1) is 0 Å². The van der Waals surface area contributed by atoms with Crippen molar-refractivity contribution in [2.75, 3.05) is 11.1 Å². The van der Waals surface area contributed by atoms with Gasteiger partial charge < -0.3 is 15.6 Å². The summed E-state index contributed by atoms with van der Waals surface area (Å²) in [5.41, 5.74) is 6.63. The van der Waals surface area contributed by atoms with Crippen molar-refractivity contribution in [3.05, 3.63) is 30.2 Å². The van der Waals surface area contributed by atoms with Gasteiger partial charge in [0, 0.05) is 19.3 Å². The summed E-state index contributed by atoms with van der Waals surface area (Å²) in [6, 6.07) is 3.29. The standard InChI is InChI=1S/C9H11N5O/c1-14-5-6(10)4-7(14)9(15)12-8-2-3-11-13-8/h2-5H,10H2,1H3,(H2,11,12,13,15). The Morgan fingerprint density at radius 2 is 2.47 bits per heavy atom. The maximum absolute atomic E-state index is 11.7. The number of rotatable bonds is 2. The molecule has 0 bridgehead atoms. The molecular formula is C9H11N5O. The molecule has 0 aliphatic heterocycles. The third-order valence-corrected chi connectivity index (χ3v) is 2.01. The van der Waals surface area contributed by atoms with Crippen LogP contribution in [0.4, 0.5) is 11.5 Å². The van der Waals surface area contributed by atoms with Gasteiger partial charge in [0.2, 0.25) is 0 Å². The van der Waals surface area contributed by atoms with E-state index in [4.69, 9.17) is 5.73 Å². The van der Waals surface area contributed by atoms with Crippen LogP contribution in [0.25, 0.3) is 0 Å². The van der Waals surface area contributed by atoms with Crippen LogP contribution in [0.2, 0.25) is 0 Å². The molecule has 6 heteroatoms. The number of aromatic amines is 1. The van der Waals surface area contributed by atoms with Crippen LogP contribution in [0.3, 0.4) is 0 Å². The Morgan fingerprint density at radius 1 is 1.67 bits per heavy atom. The van der Waals surface area contributed by atoms with Crippen LogP contribution in [-0.2, 0) is 7.05 Å². The highest BCUT2D eigenvalue weighted by Gasteiger charge is 2.11. The molecule has 0 aromatic carbocycles. The van der Waals surface area contributed by atoms with Crippen molar-refractivity contribution in [3.63, 3.8) is 0 Å². The quantitative estimate of drug-likeness (QED) is 0.670. The van der Waals surface area contributed by atoms with Crippen LogP contribution in [0.15, 0.2) is 24.5 Å². The number of nitrogens with zero attached hydrogens (tertiary/aromatic N) is 2. The molecule has 2 aromatic heterocycles. The molecule has 15 heavy (non-hydrogen) atoms. The Labute approximate surface area is 86.1 Å². The van der Waals surface area contributed by atoms with Crippen LogP contribution in [0, 0.1) is 0 Å². The van der Waals surface area contributed by atoms with Crippen LogP contribution in [0.5, 0.6) is 0 Å². The van der Waals surface area contributed by atoms with Gasteiger partial charge in [-0.2, -0.15) is 5.10 Å². The minimum absolute atomic E-state index is 0.224. The van der Waals surface area contributed by atoms with E-state index in [0.29, 0.717) is 17.2 Å². The van der Waals surface area contributed by atoms with Gasteiger partial charge in [0.25, 0.3) is 5.91 Å². The van der Waals surface area contributed by atoms with Crippen LogP contribution in [0.1, 0.15) is 10.5 Å². The number of aryl methyl sites for hydroxylation is 1. The second kappa shape index (κ2) is 3.49. The highest BCUT2D eigenvalue weighted by Crippen LogP contribution is 2.10. The van der Waals surface area contributed by atoms with Crippen molar-refractivity contribution in [2.24, 2.45) is 7.05 Å². The highest BCUT2D eigenvalue weighted by molar-refractivity contribution is 6.03. The molecule has 0 aliphatic rings. The number of aromatic nitrogens is 3. The van der Waals surface area contributed by atoms with E-state index in [-0.39, 0.29) is 5.91 Å². The Balaban J connectivity index is 2.18. The number of anilines is 2. The van der Waals surface area contributed by atoms with E-state index in [0.717, 1.165) is 0 Å². The van der Waals surface area contributed by atoms with Crippen molar-refractivity contribution in [1.29, 1.82) is 0 Å². The monoisotopic (exact) mass is 205 g/mol. The Bertz CT molecular complexity index is 471. The molecular weight excluding hydrogens is 194 g/mol. The number of hydrogen-bond donors (Lipinski definition) is 3. The molecule has 0 spiro atoms. The van der Waals surface area contributed by atoms with Gasteiger partial charge in [0.1, 0.15) is 11.5 Å². The SMILES string of the molecule is Cn1cc(N)cc1C(=O)Nc1ccn[nH]1. The molecule has 0 aliphatic carbocycles. The number of nitrogen functional groups attached to an aromatic ring is 1. The molecule has 0 saturated carbocycles. The van der Waals surface area contributed by atoms with Crippen molar-refractivity contribution in [2.45, 2.75) is 0 Å². The Morgan fingerprint density at radius 3 is 3.00 bits per heavy atom. The summed E-state index contributed by atoms with van der Waals surface area (Å²) in [6.45, 7) is 0. The van der Waals surface area contributed by atoms with E-state index in [1.54, 1.807) is 36.1 Å². The van der Waals surface area contributed by atoms with Crippen molar-refractivity contribution < 1.29 is 4.79 Å². The summed E-state index contributed by atoms with van der Waals surface area (Å²) in [4.78, 5) is 11.7. The normalized spacial score (nSPS) is 10.2. The molecule has 0 fully saturated rings. The number of H-pyrrole nitrogens is 1. The van der Waals surface area contributed by atoms with Gasteiger partial charge in [-0.1, -0.05) is 0 Å². The molecule has 0 saturated heterocycles. The maximum atomic E-state index is 11.7. The average molecular weight is 205 g/mol. The summed E-state index contributed by atoms with van der Waals surface area (Å²) in [5, 5.41) is 9.03. The minimum atomic E-state index is -0.224. The lowest BCUT2D eigenvalue weighted by Crippen LogP contribution is -2.15. The van der Waals surface area contributed by atoms with Crippen LogP contribution >= 0.6 is 0 Å². The predicted molar refractivity (Wildman–Crippen MR) is 56.4 cm³/mol. The van der Waals surface area contributed by atoms with Gasteiger partial charge in [-0.05, 0) is 6.07 Å². The van der Waals surface area contributed by atoms with Crippen molar-refractivity contribution >= 4 is 17.4 Å². The summed E-state index contributed by atoms with van der Waals surface area (Å²) < 4.78 is 1.67. The first-order chi connectivity index (χ1) is 7.16. The summed E-state index contributed by atoms with van der Waals surface area (Å²) in [5.74, 6) is 0.332. The second-order valence-electron chi connectivity index (χ2n) is 3.19. The average Bonchev–Trinajstić information content (AvgIpc) is 2.75. The van der Waals surface area contributed by atoms with Gasteiger partial charge in [-0.3, -0.25) is 9.89 Å². The first kappa shape index (κ1) is 9.32. The van der Waals surface area contributed by atoms with Gasteiger partial charge in [0.05, 0.1) is 11.9 Å². The molecule has 78 valence electrons. The number of nitrogens with one attached hydrogen (secondary N) is 2. The lowest BCUT2D eigenvalue weighted by Gasteiger charge is -2.02. The zero-order valence-corrected chi connectivity index (χ0v) is 8.19. The fourth-order valence-electron chi connectivity index (χ4n) is 1.33. The molecule has 2 rings (SSSR count). The van der Waals surface area contributed by atoms with Gasteiger partial charge in [0.15, 0.2) is 0 Å². The summed E-state index contributed by atoms with van der Waals surface area (Å²) >= 11 is 0. The maximum Gasteiger partial charge on any atom is 0.273 e. The van der Waals surface area contributed by atoms with Crippen LogP contribution in [-0.4, -0.2) is 20.7 Å². The fraction of sp³-hybridized carbons (Fsp3) is 0.111. The lowest BCUT2D eigenvalue weighted by atomic mass is 10.4. The predicted octanol–water partition coefficient (Wildman–Crippen LogP) is 0.583. The van der Waals surface area contributed by atoms with Crippen molar-refractivity contribution in [1.82, 2.24) is 14.8 Å². The number of carbonyl (C=O) groups is 1. The smallest absolute Gasteiger partial charge is 0.273 e. The first-order valence-corrected chi connectivity index (χ1v) is 4.39. The number of nitrogens with two attached hydrogens (primary N) is 1. The van der Waals surface area contributed by atoms with E-state index in [1.807, 2.05) is 0 Å². The minimum Gasteiger partial charge on any atom is -0.397 e. The molecule has 0 unspecified atom stereocenters. The molecule has 4 N–H and O–H groups in total. The molecule has 2 aromatic rings. The molecule has 2 heterocycles. The lowest BCUT2D eigenvalue weighted by molar-refractivity contribution is 0.101. The zero-order chi connectivity index (χ0) is 10.8. The summed E-state index contributed by atoms with van der Waals surface area (Å²) in [7, 11) is 1.76. The fourth-order valence-corrected chi connectivity index (χ4v) is 1.33. The highest BCUT2D eigenvalue weighted by atomic mass is 16.2. The third kappa shape index (κ3) is 1.83. The van der Waals surface area contributed by atoms with E-state index >= 15 is 0 Å². The second-order valence-corrected chi connectivity index (χ2v) is 3.19. The molecule has 0 radical (unpaired) electrons. The largest absolute Gasteiger partial charge is 0.397 e. The van der Waals surface area contributed by atoms with E-state index < -0.39 is 0 Å². The zero-order valence-electron chi connectivity index (χ0n) is 8.19. The van der Waals surface area contributed by atoms with E-state index in [9.17, 15) is 4.79 Å². The number of amides is 1. The van der Waals surface area contributed by atoms with Crippen LogP contribution < -0.4 is 11.1 Å². The first-order valence-electron chi connectivity index (χ1n) is 4.39. The van der Waals surface area contributed by atoms with E-state index in [2.05, 4.69) is 15.5 Å². The topological polar surface area (TPSA) is 88.7 Å². The third-order valence-electron chi connectivity index (χ3n) is 2.01. The molecule has 0 atom stereocenters. The number of carbonyl (C=O) groups excluding carboxylic acids is 1. The molecule has 6 nitrogen and oxygen atoms in total.